The number of benzene rings is 1. The van der Waals surface area contributed by atoms with Crippen molar-refractivity contribution in [1.29, 1.82) is 0 Å². The molecular weight excluding hydrogens is 314 g/mol. The number of methoxy groups -OCH3 is 3. The first-order valence-corrected chi connectivity index (χ1v) is 8.41. The summed E-state index contributed by atoms with van der Waals surface area (Å²) in [5.41, 5.74) is 1.52. The van der Waals surface area contributed by atoms with Gasteiger partial charge in [0.2, 0.25) is 0 Å². The van der Waals surface area contributed by atoms with Gasteiger partial charge < -0.3 is 18.9 Å². The average molecular weight is 335 g/mol. The molecular formula is C17H21NO4S. The van der Waals surface area contributed by atoms with E-state index in [0.717, 1.165) is 40.6 Å². The van der Waals surface area contributed by atoms with Crippen LogP contribution < -0.4 is 9.47 Å². The van der Waals surface area contributed by atoms with E-state index in [1.54, 1.807) is 32.7 Å². The zero-order chi connectivity index (χ0) is 16.3. The van der Waals surface area contributed by atoms with Crippen molar-refractivity contribution >= 4 is 11.3 Å². The third-order valence-electron chi connectivity index (χ3n) is 4.27. The second kappa shape index (κ2) is 6.86. The van der Waals surface area contributed by atoms with Gasteiger partial charge in [-0.25, -0.2) is 4.98 Å². The number of hydrogen-bond donors (Lipinski definition) is 0. The van der Waals surface area contributed by atoms with Gasteiger partial charge in [0.1, 0.15) is 22.1 Å². The van der Waals surface area contributed by atoms with Gasteiger partial charge in [-0.1, -0.05) is 0 Å². The lowest BCUT2D eigenvalue weighted by atomic mass is 9.95. The number of thiazole rings is 1. The van der Waals surface area contributed by atoms with Gasteiger partial charge in [0.15, 0.2) is 0 Å². The Morgan fingerprint density at radius 3 is 2.57 bits per heavy atom. The molecule has 124 valence electrons. The molecule has 0 radical (unpaired) electrons. The molecule has 0 atom stereocenters. The van der Waals surface area contributed by atoms with E-state index in [-0.39, 0.29) is 5.60 Å². The summed E-state index contributed by atoms with van der Waals surface area (Å²) in [5, 5.41) is 3.05. The van der Waals surface area contributed by atoms with E-state index in [0.29, 0.717) is 13.2 Å². The summed E-state index contributed by atoms with van der Waals surface area (Å²) in [4.78, 5) is 4.83. The van der Waals surface area contributed by atoms with E-state index >= 15 is 0 Å². The number of nitrogens with zero attached hydrogens (tertiary/aromatic N) is 1. The van der Waals surface area contributed by atoms with Crippen molar-refractivity contribution in [3.05, 3.63) is 28.6 Å². The lowest BCUT2D eigenvalue weighted by Gasteiger charge is -2.33. The fourth-order valence-electron chi connectivity index (χ4n) is 2.82. The predicted molar refractivity (Wildman–Crippen MR) is 89.4 cm³/mol. The Bertz CT molecular complexity index is 664. The lowest BCUT2D eigenvalue weighted by Crippen LogP contribution is -2.35. The largest absolute Gasteiger partial charge is 0.497 e. The van der Waals surface area contributed by atoms with Gasteiger partial charge in [-0.05, 0) is 12.1 Å². The van der Waals surface area contributed by atoms with Crippen LogP contribution in [0, 0.1) is 0 Å². The van der Waals surface area contributed by atoms with Crippen molar-refractivity contribution in [2.24, 2.45) is 0 Å². The molecule has 0 unspecified atom stereocenters. The van der Waals surface area contributed by atoms with Crippen molar-refractivity contribution in [2.75, 3.05) is 34.5 Å². The highest BCUT2D eigenvalue weighted by atomic mass is 32.1. The van der Waals surface area contributed by atoms with Gasteiger partial charge in [0.05, 0.1) is 19.9 Å². The summed E-state index contributed by atoms with van der Waals surface area (Å²) in [7, 11) is 5.05. The van der Waals surface area contributed by atoms with Gasteiger partial charge in [0.25, 0.3) is 0 Å². The molecule has 1 aliphatic heterocycles. The Kier molecular flexibility index (Phi) is 4.84. The van der Waals surface area contributed by atoms with E-state index in [4.69, 9.17) is 23.9 Å². The quantitative estimate of drug-likeness (QED) is 0.837. The standard InChI is InChI=1S/C17H21NO4S/c1-19-12-4-5-13(15(10-12)20-2)14-11-23-16(18-14)17(21-3)6-8-22-9-7-17/h4-5,10-11H,6-9H2,1-3H3. The Morgan fingerprint density at radius 1 is 1.13 bits per heavy atom. The molecule has 2 heterocycles. The molecule has 0 aliphatic carbocycles. The molecule has 5 nitrogen and oxygen atoms in total. The van der Waals surface area contributed by atoms with Crippen LogP contribution in [-0.2, 0) is 15.1 Å². The summed E-state index contributed by atoms with van der Waals surface area (Å²) in [5.74, 6) is 1.51. The second-order valence-electron chi connectivity index (χ2n) is 5.41. The fraction of sp³-hybridized carbons (Fsp3) is 0.471. The van der Waals surface area contributed by atoms with E-state index < -0.39 is 0 Å². The first-order valence-electron chi connectivity index (χ1n) is 7.54. The maximum absolute atomic E-state index is 5.82. The lowest BCUT2D eigenvalue weighted by molar-refractivity contribution is -0.0947. The molecule has 0 spiro atoms. The van der Waals surface area contributed by atoms with Crippen LogP contribution in [0.3, 0.4) is 0 Å². The maximum atomic E-state index is 5.82. The van der Waals surface area contributed by atoms with Crippen LogP contribution in [0.2, 0.25) is 0 Å². The first-order chi connectivity index (χ1) is 11.2. The smallest absolute Gasteiger partial charge is 0.131 e. The van der Waals surface area contributed by atoms with Crippen molar-refractivity contribution in [3.63, 3.8) is 0 Å². The molecule has 6 heteroatoms. The Labute approximate surface area is 140 Å². The number of hydrogen-bond acceptors (Lipinski definition) is 6. The molecule has 0 amide bonds. The fourth-order valence-corrected chi connectivity index (χ4v) is 3.88. The summed E-state index contributed by atoms with van der Waals surface area (Å²) < 4.78 is 22.0. The molecule has 23 heavy (non-hydrogen) atoms. The van der Waals surface area contributed by atoms with Gasteiger partial charge in [-0.2, -0.15) is 0 Å². The molecule has 1 aromatic carbocycles. The van der Waals surface area contributed by atoms with E-state index in [1.165, 1.54) is 0 Å². The molecule has 1 aliphatic rings. The van der Waals surface area contributed by atoms with E-state index in [2.05, 4.69) is 5.38 Å². The van der Waals surface area contributed by atoms with Crippen molar-refractivity contribution < 1.29 is 18.9 Å². The minimum Gasteiger partial charge on any atom is -0.497 e. The highest BCUT2D eigenvalue weighted by Crippen LogP contribution is 2.40. The van der Waals surface area contributed by atoms with Crippen LogP contribution in [0.4, 0.5) is 0 Å². The number of aromatic nitrogens is 1. The summed E-state index contributed by atoms with van der Waals surface area (Å²) in [6.45, 7) is 1.41. The molecule has 0 saturated carbocycles. The summed E-state index contributed by atoms with van der Waals surface area (Å²) in [6.07, 6.45) is 1.66. The van der Waals surface area contributed by atoms with Crippen LogP contribution in [0.1, 0.15) is 17.8 Å². The normalized spacial score (nSPS) is 17.0. The Hall–Kier alpha value is -1.63. The van der Waals surface area contributed by atoms with Crippen LogP contribution in [0.15, 0.2) is 23.6 Å². The second-order valence-corrected chi connectivity index (χ2v) is 6.27. The third-order valence-corrected chi connectivity index (χ3v) is 5.30. The molecule has 0 N–H and O–H groups in total. The average Bonchev–Trinajstić information content (AvgIpc) is 3.12. The third kappa shape index (κ3) is 3.06. The van der Waals surface area contributed by atoms with Gasteiger partial charge in [-0.3, -0.25) is 0 Å². The van der Waals surface area contributed by atoms with Crippen molar-refractivity contribution in [3.8, 4) is 22.8 Å². The van der Waals surface area contributed by atoms with Gasteiger partial charge >= 0.3 is 0 Å². The van der Waals surface area contributed by atoms with E-state index in [9.17, 15) is 0 Å². The van der Waals surface area contributed by atoms with Gasteiger partial charge in [0, 0.05) is 50.2 Å². The van der Waals surface area contributed by atoms with Crippen LogP contribution in [0.5, 0.6) is 11.5 Å². The van der Waals surface area contributed by atoms with Crippen molar-refractivity contribution in [1.82, 2.24) is 4.98 Å². The Morgan fingerprint density at radius 2 is 1.91 bits per heavy atom. The van der Waals surface area contributed by atoms with Gasteiger partial charge in [-0.15, -0.1) is 11.3 Å². The number of rotatable bonds is 5. The monoisotopic (exact) mass is 335 g/mol. The minimum absolute atomic E-state index is 0.332. The van der Waals surface area contributed by atoms with Crippen LogP contribution >= 0.6 is 11.3 Å². The summed E-state index contributed by atoms with van der Waals surface area (Å²) in [6, 6.07) is 5.76. The molecule has 3 rings (SSSR count). The molecule has 1 fully saturated rings. The number of ether oxygens (including phenoxy) is 4. The van der Waals surface area contributed by atoms with Crippen molar-refractivity contribution in [2.45, 2.75) is 18.4 Å². The zero-order valence-corrected chi connectivity index (χ0v) is 14.4. The highest BCUT2D eigenvalue weighted by molar-refractivity contribution is 7.10. The maximum Gasteiger partial charge on any atom is 0.131 e. The minimum atomic E-state index is -0.332. The topological polar surface area (TPSA) is 49.8 Å². The summed E-state index contributed by atoms with van der Waals surface area (Å²) >= 11 is 1.63. The van der Waals surface area contributed by atoms with E-state index in [1.807, 2.05) is 18.2 Å². The van der Waals surface area contributed by atoms with Crippen LogP contribution in [-0.4, -0.2) is 39.5 Å². The SMILES string of the molecule is COc1ccc(-c2csc(C3(OC)CCOCC3)n2)c(OC)c1. The molecule has 0 bridgehead atoms. The molecule has 1 aromatic heterocycles. The predicted octanol–water partition coefficient (Wildman–Crippen LogP) is 3.48. The zero-order valence-electron chi connectivity index (χ0n) is 13.6. The Balaban J connectivity index is 1.95. The first kappa shape index (κ1) is 16.2. The molecule has 2 aromatic rings. The highest BCUT2D eigenvalue weighted by Gasteiger charge is 2.37. The van der Waals surface area contributed by atoms with Crippen LogP contribution in [0.25, 0.3) is 11.3 Å². The molecule has 1 saturated heterocycles.